The number of benzene rings is 2. The van der Waals surface area contributed by atoms with Gasteiger partial charge in [-0.1, -0.05) is 19.1 Å². The molecule has 3 amide bonds. The molecule has 0 aliphatic carbocycles. The van der Waals surface area contributed by atoms with Gasteiger partial charge in [0.25, 0.3) is 0 Å². The van der Waals surface area contributed by atoms with Gasteiger partial charge in [0, 0.05) is 43.1 Å². The van der Waals surface area contributed by atoms with E-state index in [0.29, 0.717) is 36.6 Å². The lowest BCUT2D eigenvalue weighted by Crippen LogP contribution is -2.33. The maximum Gasteiger partial charge on any atom is 0.350 e. The molecule has 10 nitrogen and oxygen atoms in total. The molecule has 1 saturated heterocycles. The molecule has 0 bridgehead atoms. The highest BCUT2D eigenvalue weighted by molar-refractivity contribution is 6.07. The number of aromatic nitrogens is 4. The first-order valence-electron chi connectivity index (χ1n) is 12.0. The Morgan fingerprint density at radius 3 is 2.46 bits per heavy atom. The number of amides is 3. The van der Waals surface area contributed by atoms with Crippen molar-refractivity contribution >= 4 is 23.4 Å². The first kappa shape index (κ1) is 24.0. The molecule has 1 aliphatic rings. The van der Waals surface area contributed by atoms with Gasteiger partial charge >= 0.3 is 11.7 Å². The van der Waals surface area contributed by atoms with Gasteiger partial charge in [0.2, 0.25) is 5.91 Å². The summed E-state index contributed by atoms with van der Waals surface area (Å²) >= 11 is 0. The van der Waals surface area contributed by atoms with Gasteiger partial charge in [0.05, 0.1) is 5.69 Å². The average Bonchev–Trinajstić information content (AvgIpc) is 3.45. The summed E-state index contributed by atoms with van der Waals surface area (Å²) in [6, 6.07) is 14.3. The van der Waals surface area contributed by atoms with Gasteiger partial charge in [-0.15, -0.1) is 0 Å². The van der Waals surface area contributed by atoms with E-state index in [2.05, 4.69) is 10.1 Å². The quantitative estimate of drug-likeness (QED) is 0.439. The molecule has 2 N–H and O–H groups in total. The summed E-state index contributed by atoms with van der Waals surface area (Å²) in [7, 11) is 1.61. The van der Waals surface area contributed by atoms with E-state index < -0.39 is 5.91 Å². The fourth-order valence-corrected chi connectivity index (χ4v) is 4.78. The number of pyridine rings is 1. The van der Waals surface area contributed by atoms with Crippen molar-refractivity contribution < 1.29 is 9.59 Å². The molecule has 2 aromatic heterocycles. The van der Waals surface area contributed by atoms with E-state index in [9.17, 15) is 14.4 Å². The Bertz CT molecular complexity index is 1590. The number of anilines is 2. The number of primary amides is 1. The summed E-state index contributed by atoms with van der Waals surface area (Å²) in [5.74, 6) is 0.0771. The molecule has 37 heavy (non-hydrogen) atoms. The zero-order chi connectivity index (χ0) is 26.3. The topological polar surface area (TPSA) is 119 Å². The van der Waals surface area contributed by atoms with Gasteiger partial charge in [-0.2, -0.15) is 5.10 Å². The Balaban J connectivity index is 1.50. The fourth-order valence-electron chi connectivity index (χ4n) is 4.78. The summed E-state index contributed by atoms with van der Waals surface area (Å²) in [5.41, 5.74) is 10.8. The van der Waals surface area contributed by atoms with Gasteiger partial charge in [-0.3, -0.25) is 14.6 Å². The molecular formula is C27H27N7O3. The van der Waals surface area contributed by atoms with Gasteiger partial charge in [0.15, 0.2) is 0 Å². The second-order valence-electron chi connectivity index (χ2n) is 8.92. The van der Waals surface area contributed by atoms with E-state index in [1.807, 2.05) is 38.1 Å². The van der Waals surface area contributed by atoms with Gasteiger partial charge < -0.3 is 5.73 Å². The molecule has 3 heterocycles. The Morgan fingerprint density at radius 1 is 1.00 bits per heavy atom. The molecule has 2 aromatic carbocycles. The van der Waals surface area contributed by atoms with Crippen LogP contribution in [-0.2, 0) is 13.5 Å². The third kappa shape index (κ3) is 4.16. The number of carbonyl (C=O) groups is 2. The number of nitrogens with zero attached hydrogens (tertiary/aromatic N) is 6. The van der Waals surface area contributed by atoms with Crippen LogP contribution >= 0.6 is 0 Å². The van der Waals surface area contributed by atoms with Crippen LogP contribution in [0.25, 0.3) is 16.8 Å². The maximum atomic E-state index is 13.5. The lowest BCUT2D eigenvalue weighted by molar-refractivity contribution is 0.1000. The number of carbonyl (C=O) groups excluding carboxylic acids is 2. The van der Waals surface area contributed by atoms with E-state index in [1.165, 1.54) is 15.6 Å². The highest BCUT2D eigenvalue weighted by Crippen LogP contribution is 2.35. The summed E-state index contributed by atoms with van der Waals surface area (Å²) < 4.78 is 2.79. The van der Waals surface area contributed by atoms with Crippen LogP contribution in [0.4, 0.5) is 16.3 Å². The molecule has 0 atom stereocenters. The molecule has 0 unspecified atom stereocenters. The molecule has 0 saturated carbocycles. The van der Waals surface area contributed by atoms with Gasteiger partial charge in [-0.05, 0) is 66.4 Å². The van der Waals surface area contributed by atoms with E-state index in [-0.39, 0.29) is 11.7 Å². The van der Waals surface area contributed by atoms with E-state index >= 15 is 0 Å². The molecule has 0 radical (unpaired) electrons. The normalized spacial score (nSPS) is 13.4. The van der Waals surface area contributed by atoms with Crippen LogP contribution in [0.2, 0.25) is 0 Å². The minimum atomic E-state index is -0.539. The lowest BCUT2D eigenvalue weighted by Gasteiger charge is -2.22. The van der Waals surface area contributed by atoms with Gasteiger partial charge in [-0.25, -0.2) is 23.8 Å². The number of hydrogen-bond acceptors (Lipinski definition) is 5. The number of aryl methyl sites for hydroxylation is 2. The minimum absolute atomic E-state index is 0.205. The van der Waals surface area contributed by atoms with Crippen molar-refractivity contribution in [3.63, 3.8) is 0 Å². The first-order valence-corrected chi connectivity index (χ1v) is 12.0. The molecule has 1 aliphatic heterocycles. The molecule has 0 spiro atoms. The van der Waals surface area contributed by atoms with Crippen molar-refractivity contribution in [1.29, 1.82) is 0 Å². The number of hydrogen-bond donors (Lipinski definition) is 1. The number of nitrogens with two attached hydrogens (primary N) is 1. The van der Waals surface area contributed by atoms with Crippen molar-refractivity contribution in [2.24, 2.45) is 12.8 Å². The molecule has 4 aromatic rings. The van der Waals surface area contributed by atoms with E-state index in [0.717, 1.165) is 27.9 Å². The zero-order valence-corrected chi connectivity index (χ0v) is 20.9. The van der Waals surface area contributed by atoms with Crippen molar-refractivity contribution in [3.05, 3.63) is 88.2 Å². The van der Waals surface area contributed by atoms with Crippen LogP contribution in [0.1, 0.15) is 28.4 Å². The second kappa shape index (κ2) is 9.38. The third-order valence-corrected chi connectivity index (χ3v) is 6.70. The SMILES string of the molecule is CCc1c(-c2ccc(-n3cnn(C)c3=O)cc2C)ccnc1N1CCN(c2cccc(C(N)=O)c2)C1=O. The largest absolute Gasteiger partial charge is 0.366 e. The van der Waals surface area contributed by atoms with Crippen molar-refractivity contribution in [2.75, 3.05) is 22.9 Å². The highest BCUT2D eigenvalue weighted by Gasteiger charge is 2.33. The number of urea groups is 1. The summed E-state index contributed by atoms with van der Waals surface area (Å²) in [6.07, 6.45) is 3.89. The van der Waals surface area contributed by atoms with Crippen LogP contribution in [0.3, 0.4) is 0 Å². The predicted octanol–water partition coefficient (Wildman–Crippen LogP) is 3.05. The van der Waals surface area contributed by atoms with Crippen molar-refractivity contribution in [3.8, 4) is 16.8 Å². The minimum Gasteiger partial charge on any atom is -0.366 e. The lowest BCUT2D eigenvalue weighted by atomic mass is 9.95. The van der Waals surface area contributed by atoms with Crippen molar-refractivity contribution in [1.82, 2.24) is 19.3 Å². The standard InChI is InChI=1S/C27H27N7O3/c1-4-21-23(22-9-8-20(14-17(22)2)34-16-30-31(3)26(34)36)10-11-29-25(21)33-13-12-32(27(33)37)19-7-5-6-18(15-19)24(28)35/h5-11,14-16H,4,12-13H2,1-3H3,(H2,28,35). The Labute approximate surface area is 213 Å². The predicted molar refractivity (Wildman–Crippen MR) is 141 cm³/mol. The van der Waals surface area contributed by atoms with Crippen LogP contribution in [0.15, 0.2) is 65.8 Å². The van der Waals surface area contributed by atoms with E-state index in [1.54, 1.807) is 47.3 Å². The monoisotopic (exact) mass is 497 g/mol. The highest BCUT2D eigenvalue weighted by atomic mass is 16.2. The molecule has 5 rings (SSSR count). The zero-order valence-electron chi connectivity index (χ0n) is 20.9. The Morgan fingerprint density at radius 2 is 1.78 bits per heavy atom. The van der Waals surface area contributed by atoms with Gasteiger partial charge in [0.1, 0.15) is 12.1 Å². The Hall–Kier alpha value is -4.73. The maximum absolute atomic E-state index is 13.5. The van der Waals surface area contributed by atoms with Crippen LogP contribution < -0.4 is 21.2 Å². The molecule has 188 valence electrons. The summed E-state index contributed by atoms with van der Waals surface area (Å²) in [6.45, 7) is 4.96. The second-order valence-corrected chi connectivity index (χ2v) is 8.92. The summed E-state index contributed by atoms with van der Waals surface area (Å²) in [5, 5.41) is 4.03. The number of rotatable bonds is 6. The molecule has 1 fully saturated rings. The smallest absolute Gasteiger partial charge is 0.350 e. The molecule has 10 heteroatoms. The molecular weight excluding hydrogens is 470 g/mol. The third-order valence-electron chi connectivity index (χ3n) is 6.70. The fraction of sp³-hybridized carbons (Fsp3) is 0.222. The van der Waals surface area contributed by atoms with Crippen LogP contribution in [0, 0.1) is 6.92 Å². The average molecular weight is 498 g/mol. The summed E-state index contributed by atoms with van der Waals surface area (Å²) in [4.78, 5) is 45.3. The van der Waals surface area contributed by atoms with Crippen molar-refractivity contribution in [2.45, 2.75) is 20.3 Å². The Kier molecular flexibility index (Phi) is 6.08. The first-order chi connectivity index (χ1) is 17.8. The van der Waals surface area contributed by atoms with Crippen LogP contribution in [0.5, 0.6) is 0 Å². The van der Waals surface area contributed by atoms with Crippen LogP contribution in [-0.4, -0.2) is 44.4 Å². The van der Waals surface area contributed by atoms with E-state index in [4.69, 9.17) is 5.73 Å².